The number of fused-ring (bicyclic) bond motifs is 1. The van der Waals surface area contributed by atoms with Gasteiger partial charge in [-0.25, -0.2) is 0 Å². The zero-order valence-electron chi connectivity index (χ0n) is 12.5. The van der Waals surface area contributed by atoms with Gasteiger partial charge >= 0.3 is 5.97 Å². The molecule has 1 heterocycles. The number of carboxylic acids is 1. The van der Waals surface area contributed by atoms with Crippen LogP contribution in [0.15, 0.2) is 42.5 Å². The average molecular weight is 297 g/mol. The molecule has 2 aromatic carbocycles. The lowest BCUT2D eigenvalue weighted by molar-refractivity contribution is -0.145. The SMILES string of the molecule is CC1CN(C(=O)c2cccc3ccccc23)CCC1C(=O)O. The highest BCUT2D eigenvalue weighted by atomic mass is 16.4. The molecule has 2 unspecified atom stereocenters. The van der Waals surface area contributed by atoms with E-state index in [1.165, 1.54) is 0 Å². The van der Waals surface area contributed by atoms with Crippen LogP contribution in [0.25, 0.3) is 10.8 Å². The summed E-state index contributed by atoms with van der Waals surface area (Å²) in [6.45, 7) is 2.91. The Morgan fingerprint density at radius 1 is 1.14 bits per heavy atom. The Bertz CT molecular complexity index is 720. The second-order valence-corrected chi connectivity index (χ2v) is 5.99. The minimum absolute atomic E-state index is 0.00695. The van der Waals surface area contributed by atoms with Gasteiger partial charge in [0.25, 0.3) is 5.91 Å². The van der Waals surface area contributed by atoms with Crippen molar-refractivity contribution in [3.63, 3.8) is 0 Å². The van der Waals surface area contributed by atoms with Crippen LogP contribution in [0.3, 0.4) is 0 Å². The molecule has 0 bridgehead atoms. The van der Waals surface area contributed by atoms with E-state index in [9.17, 15) is 14.7 Å². The van der Waals surface area contributed by atoms with Gasteiger partial charge in [0.2, 0.25) is 0 Å². The van der Waals surface area contributed by atoms with E-state index in [1.54, 1.807) is 4.90 Å². The molecule has 1 fully saturated rings. The van der Waals surface area contributed by atoms with Crippen LogP contribution < -0.4 is 0 Å². The quantitative estimate of drug-likeness (QED) is 0.927. The normalized spacial score (nSPS) is 21.8. The van der Waals surface area contributed by atoms with Crippen LogP contribution in [0, 0.1) is 11.8 Å². The Morgan fingerprint density at radius 3 is 2.59 bits per heavy atom. The maximum atomic E-state index is 12.8. The van der Waals surface area contributed by atoms with E-state index >= 15 is 0 Å². The summed E-state index contributed by atoms with van der Waals surface area (Å²) >= 11 is 0. The summed E-state index contributed by atoms with van der Waals surface area (Å²) in [6.07, 6.45) is 0.521. The molecule has 0 saturated carbocycles. The number of carbonyl (C=O) groups excluding carboxylic acids is 1. The van der Waals surface area contributed by atoms with Crippen LogP contribution in [0.1, 0.15) is 23.7 Å². The summed E-state index contributed by atoms with van der Waals surface area (Å²) < 4.78 is 0. The smallest absolute Gasteiger partial charge is 0.306 e. The van der Waals surface area contributed by atoms with Crippen LogP contribution >= 0.6 is 0 Å². The second kappa shape index (κ2) is 5.79. The van der Waals surface area contributed by atoms with Gasteiger partial charge in [0.05, 0.1) is 5.92 Å². The van der Waals surface area contributed by atoms with Crippen molar-refractivity contribution in [2.45, 2.75) is 13.3 Å². The Kier molecular flexibility index (Phi) is 3.84. The van der Waals surface area contributed by atoms with E-state index < -0.39 is 5.97 Å². The van der Waals surface area contributed by atoms with Gasteiger partial charge in [-0.2, -0.15) is 0 Å². The topological polar surface area (TPSA) is 57.6 Å². The maximum absolute atomic E-state index is 12.8. The van der Waals surface area contributed by atoms with Gasteiger partial charge in [0, 0.05) is 18.7 Å². The molecule has 22 heavy (non-hydrogen) atoms. The van der Waals surface area contributed by atoms with Crippen LogP contribution in [0.5, 0.6) is 0 Å². The summed E-state index contributed by atoms with van der Waals surface area (Å²) in [5, 5.41) is 11.2. The lowest BCUT2D eigenvalue weighted by atomic mass is 9.86. The summed E-state index contributed by atoms with van der Waals surface area (Å²) in [7, 11) is 0. The molecule has 0 aliphatic carbocycles. The monoisotopic (exact) mass is 297 g/mol. The Hall–Kier alpha value is -2.36. The van der Waals surface area contributed by atoms with Gasteiger partial charge in [-0.05, 0) is 29.2 Å². The van der Waals surface area contributed by atoms with E-state index in [1.807, 2.05) is 49.4 Å². The summed E-state index contributed by atoms with van der Waals surface area (Å²) in [6, 6.07) is 13.6. The van der Waals surface area contributed by atoms with Crippen LogP contribution in [-0.4, -0.2) is 35.0 Å². The number of carbonyl (C=O) groups is 2. The molecule has 4 nitrogen and oxygen atoms in total. The number of hydrogen-bond acceptors (Lipinski definition) is 2. The number of rotatable bonds is 2. The van der Waals surface area contributed by atoms with Gasteiger partial charge in [0.15, 0.2) is 0 Å². The predicted molar refractivity (Wildman–Crippen MR) is 84.8 cm³/mol. The molecule has 1 saturated heterocycles. The molecular formula is C18H19NO3. The molecule has 0 aromatic heterocycles. The zero-order chi connectivity index (χ0) is 15.7. The largest absolute Gasteiger partial charge is 0.481 e. The molecule has 4 heteroatoms. The highest BCUT2D eigenvalue weighted by molar-refractivity contribution is 6.07. The molecular weight excluding hydrogens is 278 g/mol. The Labute approximate surface area is 129 Å². The number of likely N-dealkylation sites (tertiary alicyclic amines) is 1. The fraction of sp³-hybridized carbons (Fsp3) is 0.333. The lowest BCUT2D eigenvalue weighted by Gasteiger charge is -2.35. The van der Waals surface area contributed by atoms with Gasteiger partial charge in [-0.3, -0.25) is 9.59 Å². The van der Waals surface area contributed by atoms with Crippen molar-refractivity contribution in [2.24, 2.45) is 11.8 Å². The molecule has 1 N–H and O–H groups in total. The molecule has 1 amide bonds. The molecule has 1 aliphatic heterocycles. The molecule has 2 atom stereocenters. The minimum atomic E-state index is -0.759. The second-order valence-electron chi connectivity index (χ2n) is 5.99. The lowest BCUT2D eigenvalue weighted by Crippen LogP contribution is -2.45. The van der Waals surface area contributed by atoms with E-state index in [2.05, 4.69) is 0 Å². The molecule has 0 spiro atoms. The van der Waals surface area contributed by atoms with Crippen molar-refractivity contribution in [1.29, 1.82) is 0 Å². The van der Waals surface area contributed by atoms with Crippen LogP contribution in [-0.2, 0) is 4.79 Å². The first-order valence-corrected chi connectivity index (χ1v) is 7.58. The third-order valence-corrected chi connectivity index (χ3v) is 4.53. The highest BCUT2D eigenvalue weighted by Crippen LogP contribution is 2.26. The van der Waals surface area contributed by atoms with Crippen molar-refractivity contribution in [2.75, 3.05) is 13.1 Å². The first-order valence-electron chi connectivity index (χ1n) is 7.58. The van der Waals surface area contributed by atoms with Crippen molar-refractivity contribution in [3.05, 3.63) is 48.0 Å². The third-order valence-electron chi connectivity index (χ3n) is 4.53. The maximum Gasteiger partial charge on any atom is 0.306 e. The van der Waals surface area contributed by atoms with E-state index in [-0.39, 0.29) is 17.7 Å². The van der Waals surface area contributed by atoms with Gasteiger partial charge in [-0.15, -0.1) is 0 Å². The van der Waals surface area contributed by atoms with Gasteiger partial charge in [0.1, 0.15) is 0 Å². The number of carboxylic acid groups (broad SMARTS) is 1. The minimum Gasteiger partial charge on any atom is -0.481 e. The zero-order valence-corrected chi connectivity index (χ0v) is 12.5. The number of piperidine rings is 1. The van der Waals surface area contributed by atoms with E-state index in [4.69, 9.17) is 0 Å². The summed E-state index contributed by atoms with van der Waals surface area (Å²) in [5.74, 6) is -1.14. The summed E-state index contributed by atoms with van der Waals surface area (Å²) in [4.78, 5) is 25.8. The number of benzene rings is 2. The molecule has 0 radical (unpaired) electrons. The van der Waals surface area contributed by atoms with Crippen molar-refractivity contribution < 1.29 is 14.7 Å². The van der Waals surface area contributed by atoms with Crippen LogP contribution in [0.4, 0.5) is 0 Å². The Balaban J connectivity index is 1.87. The predicted octanol–water partition coefficient (Wildman–Crippen LogP) is 3.02. The van der Waals surface area contributed by atoms with Crippen molar-refractivity contribution >= 4 is 22.6 Å². The Morgan fingerprint density at radius 2 is 1.86 bits per heavy atom. The summed E-state index contributed by atoms with van der Waals surface area (Å²) in [5.41, 5.74) is 0.694. The fourth-order valence-corrected chi connectivity index (χ4v) is 3.28. The fourth-order valence-electron chi connectivity index (χ4n) is 3.28. The first-order chi connectivity index (χ1) is 10.6. The first kappa shape index (κ1) is 14.6. The molecule has 2 aromatic rings. The number of nitrogens with zero attached hydrogens (tertiary/aromatic N) is 1. The third kappa shape index (κ3) is 2.56. The molecule has 3 rings (SSSR count). The van der Waals surface area contributed by atoms with Crippen molar-refractivity contribution in [1.82, 2.24) is 4.90 Å². The number of hydrogen-bond donors (Lipinski definition) is 1. The number of aliphatic carboxylic acids is 1. The van der Waals surface area contributed by atoms with Gasteiger partial charge < -0.3 is 10.0 Å². The van der Waals surface area contributed by atoms with E-state index in [0.717, 1.165) is 10.8 Å². The standard InChI is InChI=1S/C18H19NO3/c1-12-11-19(10-9-14(12)18(21)22)17(20)16-8-4-6-13-5-2-3-7-15(13)16/h2-8,12,14H,9-11H2,1H3,(H,21,22). The van der Waals surface area contributed by atoms with Crippen LogP contribution in [0.2, 0.25) is 0 Å². The molecule has 1 aliphatic rings. The van der Waals surface area contributed by atoms with E-state index in [0.29, 0.717) is 25.1 Å². The van der Waals surface area contributed by atoms with Crippen molar-refractivity contribution in [3.8, 4) is 0 Å². The van der Waals surface area contributed by atoms with Gasteiger partial charge in [-0.1, -0.05) is 43.3 Å². The number of amides is 1. The highest BCUT2D eigenvalue weighted by Gasteiger charge is 2.33. The molecule has 114 valence electrons. The average Bonchev–Trinajstić information content (AvgIpc) is 2.53.